The summed E-state index contributed by atoms with van der Waals surface area (Å²) in [6, 6.07) is 3.55. The minimum Gasteiger partial charge on any atom is -0.464 e. The molecule has 0 aliphatic rings. The molecular formula is C13H21F2NO2S. The number of aliphatic hydroxyl groups excluding tert-OH is 1. The third-order valence-electron chi connectivity index (χ3n) is 2.73. The monoisotopic (exact) mass is 293 g/mol. The Morgan fingerprint density at radius 2 is 2.11 bits per heavy atom. The summed E-state index contributed by atoms with van der Waals surface area (Å²) in [7, 11) is 0. The maximum Gasteiger partial charge on any atom is 0.284 e. The first kappa shape index (κ1) is 16.5. The van der Waals surface area contributed by atoms with E-state index in [2.05, 4.69) is 5.32 Å². The predicted molar refractivity (Wildman–Crippen MR) is 73.2 cm³/mol. The van der Waals surface area contributed by atoms with Crippen LogP contribution in [0.25, 0.3) is 0 Å². The third-order valence-corrected chi connectivity index (χ3v) is 3.43. The Morgan fingerprint density at radius 3 is 2.79 bits per heavy atom. The van der Waals surface area contributed by atoms with Crippen molar-refractivity contribution in [3.63, 3.8) is 0 Å². The quantitative estimate of drug-likeness (QED) is 0.650. The van der Waals surface area contributed by atoms with Gasteiger partial charge in [0, 0.05) is 6.61 Å². The van der Waals surface area contributed by atoms with Crippen LogP contribution in [0.1, 0.15) is 31.3 Å². The number of hydrogen-bond donors (Lipinski definition) is 2. The SMILES string of the molecule is CC(CO)CCCNCc1ccc(CSC(F)F)o1. The van der Waals surface area contributed by atoms with Gasteiger partial charge in [-0.05, 0) is 37.4 Å². The van der Waals surface area contributed by atoms with Gasteiger partial charge in [0.15, 0.2) is 0 Å². The topological polar surface area (TPSA) is 45.4 Å². The van der Waals surface area contributed by atoms with Crippen molar-refractivity contribution in [3.8, 4) is 0 Å². The first-order valence-electron chi connectivity index (χ1n) is 6.40. The largest absolute Gasteiger partial charge is 0.464 e. The standard InChI is InChI=1S/C13H21F2NO2S/c1-10(8-17)3-2-6-16-7-11-4-5-12(18-11)9-19-13(14)15/h4-5,10,13,16-17H,2-3,6-9H2,1H3. The summed E-state index contributed by atoms with van der Waals surface area (Å²) in [6.07, 6.45) is 1.98. The van der Waals surface area contributed by atoms with Crippen molar-refractivity contribution in [2.45, 2.75) is 37.8 Å². The Hall–Kier alpha value is -0.590. The molecule has 6 heteroatoms. The molecule has 0 saturated heterocycles. The molecule has 1 aromatic heterocycles. The Bertz CT molecular complexity index is 347. The van der Waals surface area contributed by atoms with Crippen molar-refractivity contribution < 1.29 is 18.3 Å². The van der Waals surface area contributed by atoms with E-state index in [0.29, 0.717) is 30.0 Å². The van der Waals surface area contributed by atoms with E-state index in [1.807, 2.05) is 13.0 Å². The average molecular weight is 293 g/mol. The molecule has 0 fully saturated rings. The lowest BCUT2D eigenvalue weighted by Crippen LogP contribution is -2.15. The van der Waals surface area contributed by atoms with Crippen LogP contribution in [0.2, 0.25) is 0 Å². The van der Waals surface area contributed by atoms with Crippen molar-refractivity contribution in [3.05, 3.63) is 23.7 Å². The molecule has 0 radical (unpaired) electrons. The molecular weight excluding hydrogens is 272 g/mol. The fraction of sp³-hybridized carbons (Fsp3) is 0.692. The Labute approximate surface area is 116 Å². The fourth-order valence-corrected chi connectivity index (χ4v) is 2.06. The summed E-state index contributed by atoms with van der Waals surface area (Å²) in [6.45, 7) is 3.70. The number of hydrogen-bond acceptors (Lipinski definition) is 4. The van der Waals surface area contributed by atoms with Crippen molar-refractivity contribution in [2.75, 3.05) is 13.2 Å². The zero-order valence-electron chi connectivity index (χ0n) is 11.1. The van der Waals surface area contributed by atoms with Crippen molar-refractivity contribution in [1.29, 1.82) is 0 Å². The van der Waals surface area contributed by atoms with Gasteiger partial charge < -0.3 is 14.8 Å². The van der Waals surface area contributed by atoms with Gasteiger partial charge in [0.2, 0.25) is 0 Å². The van der Waals surface area contributed by atoms with E-state index >= 15 is 0 Å². The lowest BCUT2D eigenvalue weighted by molar-refractivity contribution is 0.228. The van der Waals surface area contributed by atoms with Crippen molar-refractivity contribution in [2.24, 2.45) is 5.92 Å². The van der Waals surface area contributed by atoms with E-state index in [-0.39, 0.29) is 12.4 Å². The van der Waals surface area contributed by atoms with Gasteiger partial charge in [-0.15, -0.1) is 0 Å². The molecule has 110 valence electrons. The van der Waals surface area contributed by atoms with Gasteiger partial charge in [-0.25, -0.2) is 0 Å². The first-order chi connectivity index (χ1) is 9.11. The van der Waals surface area contributed by atoms with Crippen LogP contribution in [0, 0.1) is 5.92 Å². The summed E-state index contributed by atoms with van der Waals surface area (Å²) < 4.78 is 29.4. The summed E-state index contributed by atoms with van der Waals surface area (Å²) in [5.74, 6) is -0.481. The Balaban J connectivity index is 2.12. The van der Waals surface area contributed by atoms with Gasteiger partial charge in [-0.3, -0.25) is 0 Å². The predicted octanol–water partition coefficient (Wildman–Crippen LogP) is 3.23. The fourth-order valence-electron chi connectivity index (χ4n) is 1.62. The van der Waals surface area contributed by atoms with E-state index in [1.54, 1.807) is 6.07 Å². The molecule has 0 amide bonds. The maximum absolute atomic E-state index is 12.0. The summed E-state index contributed by atoms with van der Waals surface area (Å²) in [5.41, 5.74) is 0. The highest BCUT2D eigenvalue weighted by Crippen LogP contribution is 2.21. The number of alkyl halides is 2. The third kappa shape index (κ3) is 7.54. The molecule has 2 N–H and O–H groups in total. The van der Waals surface area contributed by atoms with Crippen molar-refractivity contribution in [1.82, 2.24) is 5.32 Å². The van der Waals surface area contributed by atoms with Crippen LogP contribution < -0.4 is 5.32 Å². The first-order valence-corrected chi connectivity index (χ1v) is 7.45. The van der Waals surface area contributed by atoms with Crippen LogP contribution >= 0.6 is 11.8 Å². The maximum atomic E-state index is 12.0. The molecule has 0 aliphatic carbocycles. The minimum absolute atomic E-state index is 0.200. The van der Waals surface area contributed by atoms with Crippen LogP contribution in [0.15, 0.2) is 16.5 Å². The van der Waals surface area contributed by atoms with E-state index in [4.69, 9.17) is 9.52 Å². The second-order valence-corrected chi connectivity index (χ2v) is 5.52. The highest BCUT2D eigenvalue weighted by atomic mass is 32.2. The zero-order valence-corrected chi connectivity index (χ0v) is 11.9. The molecule has 0 aromatic carbocycles. The van der Waals surface area contributed by atoms with Crippen LogP contribution in [0.5, 0.6) is 0 Å². The Morgan fingerprint density at radius 1 is 1.37 bits per heavy atom. The van der Waals surface area contributed by atoms with Crippen LogP contribution in [0.3, 0.4) is 0 Å². The number of rotatable bonds is 10. The molecule has 1 heterocycles. The van der Waals surface area contributed by atoms with Crippen molar-refractivity contribution >= 4 is 11.8 Å². The van der Waals surface area contributed by atoms with Gasteiger partial charge in [0.25, 0.3) is 5.76 Å². The molecule has 1 aromatic rings. The van der Waals surface area contributed by atoms with E-state index in [0.717, 1.165) is 25.1 Å². The molecule has 3 nitrogen and oxygen atoms in total. The number of furan rings is 1. The molecule has 19 heavy (non-hydrogen) atoms. The normalized spacial score (nSPS) is 13.1. The Kier molecular flexibility index (Phi) is 8.09. The molecule has 0 saturated carbocycles. The van der Waals surface area contributed by atoms with Gasteiger partial charge >= 0.3 is 0 Å². The summed E-state index contributed by atoms with van der Waals surface area (Å²) >= 11 is 0.564. The molecule has 0 spiro atoms. The highest BCUT2D eigenvalue weighted by Gasteiger charge is 2.07. The highest BCUT2D eigenvalue weighted by molar-refractivity contribution is 7.98. The van der Waals surface area contributed by atoms with Crippen LogP contribution in [-0.2, 0) is 12.3 Å². The molecule has 0 bridgehead atoms. The molecule has 1 atom stereocenters. The smallest absolute Gasteiger partial charge is 0.284 e. The van der Waals surface area contributed by atoms with Gasteiger partial charge in [0.05, 0.1) is 12.3 Å². The zero-order chi connectivity index (χ0) is 14.1. The van der Waals surface area contributed by atoms with E-state index in [1.165, 1.54) is 0 Å². The number of nitrogens with one attached hydrogen (secondary N) is 1. The lowest BCUT2D eigenvalue weighted by Gasteiger charge is -2.07. The molecule has 1 rings (SSSR count). The molecule has 0 aliphatic heterocycles. The van der Waals surface area contributed by atoms with Crippen LogP contribution in [0.4, 0.5) is 8.78 Å². The van der Waals surface area contributed by atoms with E-state index in [9.17, 15) is 8.78 Å². The summed E-state index contributed by atoms with van der Waals surface area (Å²) in [4.78, 5) is 0. The number of halogens is 2. The second-order valence-electron chi connectivity index (χ2n) is 4.55. The summed E-state index contributed by atoms with van der Waals surface area (Å²) in [5, 5.41) is 12.1. The lowest BCUT2D eigenvalue weighted by atomic mass is 10.1. The second kappa shape index (κ2) is 9.34. The van der Waals surface area contributed by atoms with Crippen LogP contribution in [-0.4, -0.2) is 24.0 Å². The molecule has 1 unspecified atom stereocenters. The van der Waals surface area contributed by atoms with Gasteiger partial charge in [-0.1, -0.05) is 18.7 Å². The number of thioether (sulfide) groups is 1. The minimum atomic E-state index is -2.36. The van der Waals surface area contributed by atoms with Gasteiger partial charge in [0.1, 0.15) is 11.5 Å². The van der Waals surface area contributed by atoms with E-state index < -0.39 is 5.76 Å². The van der Waals surface area contributed by atoms with Gasteiger partial charge in [-0.2, -0.15) is 8.78 Å². The average Bonchev–Trinajstić information content (AvgIpc) is 2.83. The number of aliphatic hydroxyl groups is 1.